The van der Waals surface area contributed by atoms with Crippen molar-refractivity contribution in [3.05, 3.63) is 0 Å². The molecule has 2 unspecified atom stereocenters. The van der Waals surface area contributed by atoms with Crippen LogP contribution in [0, 0.1) is 0 Å². The SMILES string of the molecule is O=C(CNC1CCCCC1O)N1CCOCC1. The molecule has 5 heteroatoms. The molecule has 0 spiro atoms. The second kappa shape index (κ2) is 6.33. The molecule has 1 saturated heterocycles. The Morgan fingerprint density at radius 2 is 2.00 bits per heavy atom. The van der Waals surface area contributed by atoms with E-state index in [0.717, 1.165) is 25.7 Å². The van der Waals surface area contributed by atoms with Crippen molar-refractivity contribution in [3.8, 4) is 0 Å². The molecule has 5 nitrogen and oxygen atoms in total. The molecule has 0 aromatic rings. The van der Waals surface area contributed by atoms with Crippen molar-refractivity contribution < 1.29 is 14.6 Å². The van der Waals surface area contributed by atoms with Gasteiger partial charge in [-0.05, 0) is 12.8 Å². The van der Waals surface area contributed by atoms with Gasteiger partial charge in [0, 0.05) is 19.1 Å². The van der Waals surface area contributed by atoms with Gasteiger partial charge < -0.3 is 20.1 Å². The van der Waals surface area contributed by atoms with E-state index in [2.05, 4.69) is 5.32 Å². The molecule has 0 aromatic carbocycles. The van der Waals surface area contributed by atoms with Gasteiger partial charge in [-0.1, -0.05) is 12.8 Å². The van der Waals surface area contributed by atoms with Crippen molar-refractivity contribution >= 4 is 5.91 Å². The lowest BCUT2D eigenvalue weighted by Gasteiger charge is -2.31. The molecular formula is C12H22N2O3. The summed E-state index contributed by atoms with van der Waals surface area (Å²) in [5.41, 5.74) is 0. The number of morpholine rings is 1. The molecule has 2 N–H and O–H groups in total. The lowest BCUT2D eigenvalue weighted by Crippen LogP contribution is -2.49. The zero-order valence-corrected chi connectivity index (χ0v) is 10.2. The fourth-order valence-corrected chi connectivity index (χ4v) is 2.49. The van der Waals surface area contributed by atoms with Crippen LogP contribution in [0.4, 0.5) is 0 Å². The normalized spacial score (nSPS) is 30.3. The molecule has 1 aliphatic carbocycles. The zero-order valence-electron chi connectivity index (χ0n) is 10.2. The monoisotopic (exact) mass is 242 g/mol. The lowest BCUT2D eigenvalue weighted by atomic mass is 9.92. The summed E-state index contributed by atoms with van der Waals surface area (Å²) in [4.78, 5) is 13.7. The molecule has 2 aliphatic rings. The van der Waals surface area contributed by atoms with Crippen LogP contribution in [0.3, 0.4) is 0 Å². The smallest absolute Gasteiger partial charge is 0.236 e. The number of nitrogens with one attached hydrogen (secondary N) is 1. The average Bonchev–Trinajstić information content (AvgIpc) is 2.38. The van der Waals surface area contributed by atoms with Gasteiger partial charge in [0.25, 0.3) is 0 Å². The van der Waals surface area contributed by atoms with E-state index in [0.29, 0.717) is 32.8 Å². The van der Waals surface area contributed by atoms with E-state index in [1.165, 1.54) is 0 Å². The van der Waals surface area contributed by atoms with Gasteiger partial charge in [0.2, 0.25) is 5.91 Å². The molecule has 2 atom stereocenters. The summed E-state index contributed by atoms with van der Waals surface area (Å²) in [5.74, 6) is 0.117. The Kier molecular flexibility index (Phi) is 4.76. The Morgan fingerprint density at radius 3 is 2.71 bits per heavy atom. The number of hydrogen-bond acceptors (Lipinski definition) is 4. The van der Waals surface area contributed by atoms with Crippen LogP contribution in [-0.4, -0.2) is 60.9 Å². The highest BCUT2D eigenvalue weighted by atomic mass is 16.5. The van der Waals surface area contributed by atoms with E-state index in [-0.39, 0.29) is 18.1 Å². The summed E-state index contributed by atoms with van der Waals surface area (Å²) in [6, 6.07) is 0.0914. The molecule has 0 aromatic heterocycles. The number of aliphatic hydroxyl groups is 1. The molecule has 1 amide bonds. The van der Waals surface area contributed by atoms with Crippen LogP contribution in [0.2, 0.25) is 0 Å². The van der Waals surface area contributed by atoms with E-state index in [4.69, 9.17) is 4.74 Å². The van der Waals surface area contributed by atoms with Crippen molar-refractivity contribution in [2.75, 3.05) is 32.8 Å². The standard InChI is InChI=1S/C12H22N2O3/c15-11-4-2-1-3-10(11)13-9-12(16)14-5-7-17-8-6-14/h10-11,13,15H,1-9H2. The Balaban J connectivity index is 1.71. The van der Waals surface area contributed by atoms with Crippen molar-refractivity contribution in [2.24, 2.45) is 0 Å². The second-order valence-electron chi connectivity index (χ2n) is 4.83. The number of nitrogens with zero attached hydrogens (tertiary/aromatic N) is 1. The van der Waals surface area contributed by atoms with E-state index in [1.807, 2.05) is 4.90 Å². The third-order valence-corrected chi connectivity index (χ3v) is 3.61. The molecule has 2 rings (SSSR count). The quantitative estimate of drug-likeness (QED) is 0.716. The van der Waals surface area contributed by atoms with Crippen LogP contribution in [0.25, 0.3) is 0 Å². The highest BCUT2D eigenvalue weighted by molar-refractivity contribution is 5.78. The molecule has 0 bridgehead atoms. The van der Waals surface area contributed by atoms with E-state index in [1.54, 1.807) is 0 Å². The largest absolute Gasteiger partial charge is 0.392 e. The number of carbonyl (C=O) groups excluding carboxylic acids is 1. The maximum atomic E-state index is 11.9. The number of aliphatic hydroxyl groups excluding tert-OH is 1. The molecule has 0 radical (unpaired) electrons. The summed E-state index contributed by atoms with van der Waals surface area (Å²) < 4.78 is 5.21. The topological polar surface area (TPSA) is 61.8 Å². The molecule has 1 saturated carbocycles. The molecule has 1 heterocycles. The first-order valence-corrected chi connectivity index (χ1v) is 6.54. The third-order valence-electron chi connectivity index (χ3n) is 3.61. The van der Waals surface area contributed by atoms with Crippen LogP contribution >= 0.6 is 0 Å². The minimum Gasteiger partial charge on any atom is -0.392 e. The van der Waals surface area contributed by atoms with Crippen molar-refractivity contribution in [1.29, 1.82) is 0 Å². The molecule has 17 heavy (non-hydrogen) atoms. The van der Waals surface area contributed by atoms with Crippen LogP contribution in [0.5, 0.6) is 0 Å². The van der Waals surface area contributed by atoms with E-state index < -0.39 is 0 Å². The van der Waals surface area contributed by atoms with Gasteiger partial charge in [-0.3, -0.25) is 4.79 Å². The number of hydrogen-bond donors (Lipinski definition) is 2. The summed E-state index contributed by atoms with van der Waals surface area (Å²) in [6.45, 7) is 2.98. The first-order valence-electron chi connectivity index (χ1n) is 6.54. The predicted molar refractivity (Wildman–Crippen MR) is 63.7 cm³/mol. The molecule has 1 aliphatic heterocycles. The van der Waals surface area contributed by atoms with Crippen LogP contribution in [-0.2, 0) is 9.53 Å². The lowest BCUT2D eigenvalue weighted by molar-refractivity contribution is -0.134. The zero-order chi connectivity index (χ0) is 12.1. The number of amides is 1. The average molecular weight is 242 g/mol. The fraction of sp³-hybridized carbons (Fsp3) is 0.917. The van der Waals surface area contributed by atoms with Gasteiger partial charge in [0.05, 0.1) is 25.9 Å². The van der Waals surface area contributed by atoms with Gasteiger partial charge in [0.1, 0.15) is 0 Å². The highest BCUT2D eigenvalue weighted by Crippen LogP contribution is 2.18. The maximum absolute atomic E-state index is 11.9. The van der Waals surface area contributed by atoms with E-state index >= 15 is 0 Å². The first-order chi connectivity index (χ1) is 8.27. The fourth-order valence-electron chi connectivity index (χ4n) is 2.49. The molecular weight excluding hydrogens is 220 g/mol. The minimum absolute atomic E-state index is 0.0914. The Morgan fingerprint density at radius 1 is 1.29 bits per heavy atom. The van der Waals surface area contributed by atoms with Gasteiger partial charge in [-0.2, -0.15) is 0 Å². The molecule has 2 fully saturated rings. The summed E-state index contributed by atoms with van der Waals surface area (Å²) in [6.07, 6.45) is 3.76. The maximum Gasteiger partial charge on any atom is 0.236 e. The second-order valence-corrected chi connectivity index (χ2v) is 4.83. The predicted octanol–water partition coefficient (Wildman–Crippen LogP) is -0.262. The van der Waals surface area contributed by atoms with E-state index in [9.17, 15) is 9.90 Å². The summed E-state index contributed by atoms with van der Waals surface area (Å²) in [5, 5.41) is 13.0. The van der Waals surface area contributed by atoms with Gasteiger partial charge in [-0.15, -0.1) is 0 Å². The minimum atomic E-state index is -0.291. The summed E-state index contributed by atoms with van der Waals surface area (Å²) >= 11 is 0. The van der Waals surface area contributed by atoms with Crippen LogP contribution < -0.4 is 5.32 Å². The van der Waals surface area contributed by atoms with Crippen LogP contribution in [0.1, 0.15) is 25.7 Å². The first kappa shape index (κ1) is 12.8. The summed E-state index contributed by atoms with van der Waals surface area (Å²) in [7, 11) is 0. The Bertz CT molecular complexity index is 254. The Labute approximate surface area is 102 Å². The van der Waals surface area contributed by atoms with Crippen LogP contribution in [0.15, 0.2) is 0 Å². The van der Waals surface area contributed by atoms with Crippen molar-refractivity contribution in [1.82, 2.24) is 10.2 Å². The van der Waals surface area contributed by atoms with Crippen molar-refractivity contribution in [3.63, 3.8) is 0 Å². The molecule has 98 valence electrons. The third kappa shape index (κ3) is 3.66. The Hall–Kier alpha value is -0.650. The van der Waals surface area contributed by atoms with Gasteiger partial charge in [-0.25, -0.2) is 0 Å². The van der Waals surface area contributed by atoms with Crippen molar-refractivity contribution in [2.45, 2.75) is 37.8 Å². The number of carbonyl (C=O) groups is 1. The van der Waals surface area contributed by atoms with Gasteiger partial charge in [0.15, 0.2) is 0 Å². The number of ether oxygens (including phenoxy) is 1. The number of rotatable bonds is 3. The highest BCUT2D eigenvalue weighted by Gasteiger charge is 2.24. The van der Waals surface area contributed by atoms with Gasteiger partial charge >= 0.3 is 0 Å².